The second-order valence-corrected chi connectivity index (χ2v) is 8.58. The van der Waals surface area contributed by atoms with Crippen molar-refractivity contribution < 1.29 is 19.2 Å². The fourth-order valence-electron chi connectivity index (χ4n) is 4.23. The van der Waals surface area contributed by atoms with Gasteiger partial charge >= 0.3 is 12.1 Å². The SMILES string of the molecule is Cc1ccc(NC(=O)NC(=O)CN2C(=O)N[C@@](Cc3ccccc3)(c3ccccc3)C2=O)c(C)c1. The maximum atomic E-state index is 13.6. The van der Waals surface area contributed by atoms with Gasteiger partial charge in [-0.15, -0.1) is 0 Å². The van der Waals surface area contributed by atoms with Crippen molar-refractivity contribution >= 4 is 29.6 Å². The van der Waals surface area contributed by atoms with E-state index in [1.54, 1.807) is 30.3 Å². The highest BCUT2D eigenvalue weighted by molar-refractivity contribution is 6.11. The molecule has 0 spiro atoms. The highest BCUT2D eigenvalue weighted by atomic mass is 16.2. The Morgan fingerprint density at radius 2 is 1.57 bits per heavy atom. The standard InChI is InChI=1S/C27H26N4O4/c1-18-13-14-22(19(2)15-18)28-25(34)29-23(32)17-31-24(33)27(30-26(31)35,21-11-7-4-8-12-21)16-20-9-5-3-6-10-20/h3-15H,16-17H2,1-2H3,(H,30,35)(H2,28,29,32,34)/t27-/m0/s1. The van der Waals surface area contributed by atoms with Gasteiger partial charge < -0.3 is 10.6 Å². The normalized spacial score (nSPS) is 17.1. The lowest BCUT2D eigenvalue weighted by molar-refractivity contribution is -0.135. The van der Waals surface area contributed by atoms with Crippen LogP contribution in [-0.2, 0) is 21.5 Å². The van der Waals surface area contributed by atoms with Gasteiger partial charge in [-0.1, -0.05) is 78.4 Å². The Morgan fingerprint density at radius 3 is 2.23 bits per heavy atom. The molecule has 3 N–H and O–H groups in total. The molecule has 0 aliphatic carbocycles. The molecule has 35 heavy (non-hydrogen) atoms. The third-order valence-corrected chi connectivity index (χ3v) is 5.94. The molecule has 1 saturated heterocycles. The molecule has 3 aromatic carbocycles. The van der Waals surface area contributed by atoms with E-state index in [9.17, 15) is 19.2 Å². The first kappa shape index (κ1) is 23.7. The number of rotatable bonds is 6. The molecule has 0 saturated carbocycles. The van der Waals surface area contributed by atoms with Gasteiger partial charge in [-0.3, -0.25) is 19.8 Å². The number of carbonyl (C=O) groups excluding carboxylic acids is 4. The molecule has 6 amide bonds. The number of imide groups is 2. The van der Waals surface area contributed by atoms with Crippen molar-refractivity contribution in [1.82, 2.24) is 15.5 Å². The summed E-state index contributed by atoms with van der Waals surface area (Å²) in [6, 6.07) is 22.3. The molecular weight excluding hydrogens is 444 g/mol. The van der Waals surface area contributed by atoms with Crippen molar-refractivity contribution in [2.24, 2.45) is 0 Å². The Bertz CT molecular complexity index is 1280. The average molecular weight is 471 g/mol. The lowest BCUT2D eigenvalue weighted by Crippen LogP contribution is -2.47. The monoisotopic (exact) mass is 470 g/mol. The fourth-order valence-corrected chi connectivity index (χ4v) is 4.23. The van der Waals surface area contributed by atoms with Crippen molar-refractivity contribution in [2.45, 2.75) is 25.8 Å². The summed E-state index contributed by atoms with van der Waals surface area (Å²) in [6.45, 7) is 3.19. The largest absolute Gasteiger partial charge is 0.325 e. The molecule has 3 aromatic rings. The van der Waals surface area contributed by atoms with E-state index < -0.39 is 36.0 Å². The van der Waals surface area contributed by atoms with E-state index >= 15 is 0 Å². The van der Waals surface area contributed by atoms with Crippen LogP contribution in [0.2, 0.25) is 0 Å². The zero-order valence-corrected chi connectivity index (χ0v) is 19.5. The number of anilines is 1. The molecule has 0 bridgehead atoms. The summed E-state index contributed by atoms with van der Waals surface area (Å²) in [5.41, 5.74) is 2.54. The molecule has 0 aromatic heterocycles. The molecule has 4 rings (SSSR count). The van der Waals surface area contributed by atoms with E-state index in [1.165, 1.54) is 0 Å². The topological polar surface area (TPSA) is 108 Å². The van der Waals surface area contributed by atoms with E-state index in [2.05, 4.69) is 16.0 Å². The molecule has 178 valence electrons. The van der Waals surface area contributed by atoms with Crippen LogP contribution in [0.3, 0.4) is 0 Å². The Morgan fingerprint density at radius 1 is 0.914 bits per heavy atom. The molecule has 1 atom stereocenters. The minimum absolute atomic E-state index is 0.216. The van der Waals surface area contributed by atoms with Crippen LogP contribution in [-0.4, -0.2) is 35.3 Å². The van der Waals surface area contributed by atoms with Crippen LogP contribution in [0, 0.1) is 13.8 Å². The first-order valence-electron chi connectivity index (χ1n) is 11.2. The van der Waals surface area contributed by atoms with Crippen molar-refractivity contribution in [3.8, 4) is 0 Å². The van der Waals surface area contributed by atoms with Gasteiger partial charge in [0.2, 0.25) is 5.91 Å². The van der Waals surface area contributed by atoms with Crippen molar-refractivity contribution in [3.63, 3.8) is 0 Å². The van der Waals surface area contributed by atoms with Crippen LogP contribution < -0.4 is 16.0 Å². The van der Waals surface area contributed by atoms with Gasteiger partial charge in [-0.2, -0.15) is 0 Å². The van der Waals surface area contributed by atoms with Crippen LogP contribution >= 0.6 is 0 Å². The number of hydrogen-bond acceptors (Lipinski definition) is 4. The second-order valence-electron chi connectivity index (χ2n) is 8.58. The van der Waals surface area contributed by atoms with Gasteiger partial charge in [0, 0.05) is 12.1 Å². The molecule has 8 nitrogen and oxygen atoms in total. The zero-order chi connectivity index (χ0) is 25.0. The number of nitrogens with zero attached hydrogens (tertiary/aromatic N) is 1. The van der Waals surface area contributed by atoms with Gasteiger partial charge in [0.15, 0.2) is 5.54 Å². The number of aryl methyl sites for hydroxylation is 2. The number of hydrogen-bond donors (Lipinski definition) is 3. The van der Waals surface area contributed by atoms with Gasteiger partial charge in [-0.05, 0) is 36.6 Å². The summed E-state index contributed by atoms with van der Waals surface area (Å²) in [5, 5.41) is 7.61. The third-order valence-electron chi connectivity index (χ3n) is 5.94. The quantitative estimate of drug-likeness (QED) is 0.478. The van der Waals surface area contributed by atoms with Gasteiger partial charge in [0.05, 0.1) is 0 Å². The maximum absolute atomic E-state index is 13.6. The predicted octanol–water partition coefficient (Wildman–Crippen LogP) is 3.64. The van der Waals surface area contributed by atoms with Crippen LogP contribution in [0.4, 0.5) is 15.3 Å². The molecule has 0 radical (unpaired) electrons. The number of urea groups is 2. The Kier molecular flexibility index (Phi) is 6.64. The minimum Gasteiger partial charge on any atom is -0.319 e. The first-order chi connectivity index (χ1) is 16.8. The molecular formula is C27H26N4O4. The third kappa shape index (κ3) is 5.06. The summed E-state index contributed by atoms with van der Waals surface area (Å²) < 4.78 is 0. The Labute approximate surface area is 203 Å². The molecule has 1 aliphatic rings. The Balaban J connectivity index is 1.50. The van der Waals surface area contributed by atoms with E-state index in [0.29, 0.717) is 11.3 Å². The lowest BCUT2D eigenvalue weighted by Gasteiger charge is -2.27. The van der Waals surface area contributed by atoms with Crippen molar-refractivity contribution in [3.05, 3.63) is 101 Å². The average Bonchev–Trinajstić information content (AvgIpc) is 3.07. The maximum Gasteiger partial charge on any atom is 0.325 e. The van der Waals surface area contributed by atoms with E-state index in [1.807, 2.05) is 62.4 Å². The summed E-state index contributed by atoms with van der Waals surface area (Å²) in [4.78, 5) is 52.2. The van der Waals surface area contributed by atoms with Crippen LogP contribution in [0.5, 0.6) is 0 Å². The molecule has 1 heterocycles. The second kappa shape index (κ2) is 9.80. The molecule has 1 aliphatic heterocycles. The predicted molar refractivity (Wildman–Crippen MR) is 132 cm³/mol. The molecule has 0 unspecified atom stereocenters. The number of nitrogens with one attached hydrogen (secondary N) is 3. The lowest BCUT2D eigenvalue weighted by atomic mass is 9.83. The Hall–Kier alpha value is -4.46. The minimum atomic E-state index is -1.36. The molecule has 8 heteroatoms. The summed E-state index contributed by atoms with van der Waals surface area (Å²) in [7, 11) is 0. The molecule has 1 fully saturated rings. The highest BCUT2D eigenvalue weighted by Crippen LogP contribution is 2.32. The van der Waals surface area contributed by atoms with Crippen molar-refractivity contribution in [1.29, 1.82) is 0 Å². The first-order valence-corrected chi connectivity index (χ1v) is 11.2. The number of benzene rings is 3. The van der Waals surface area contributed by atoms with E-state index in [0.717, 1.165) is 21.6 Å². The fraction of sp³-hybridized carbons (Fsp3) is 0.185. The van der Waals surface area contributed by atoms with Crippen LogP contribution in [0.15, 0.2) is 78.9 Å². The summed E-state index contributed by atoms with van der Waals surface area (Å²) in [5.74, 6) is -1.33. The van der Waals surface area contributed by atoms with Crippen LogP contribution in [0.25, 0.3) is 0 Å². The van der Waals surface area contributed by atoms with Crippen molar-refractivity contribution in [2.75, 3.05) is 11.9 Å². The van der Waals surface area contributed by atoms with Gasteiger partial charge in [-0.25, -0.2) is 9.59 Å². The highest BCUT2D eigenvalue weighted by Gasteiger charge is 2.52. The summed E-state index contributed by atoms with van der Waals surface area (Å²) >= 11 is 0. The summed E-state index contributed by atoms with van der Waals surface area (Å²) in [6.07, 6.45) is 0.216. The number of carbonyl (C=O) groups is 4. The van der Waals surface area contributed by atoms with Crippen LogP contribution in [0.1, 0.15) is 22.3 Å². The van der Waals surface area contributed by atoms with E-state index in [-0.39, 0.29) is 6.42 Å². The van der Waals surface area contributed by atoms with E-state index in [4.69, 9.17) is 0 Å². The zero-order valence-electron chi connectivity index (χ0n) is 19.5. The number of amides is 6. The smallest absolute Gasteiger partial charge is 0.319 e. The van der Waals surface area contributed by atoms with Gasteiger partial charge in [0.1, 0.15) is 6.54 Å². The van der Waals surface area contributed by atoms with Gasteiger partial charge in [0.25, 0.3) is 5.91 Å².